The second kappa shape index (κ2) is 8.44. The molecule has 0 radical (unpaired) electrons. The van der Waals surface area contributed by atoms with E-state index in [0.717, 1.165) is 75.5 Å². The first-order valence-electron chi connectivity index (χ1n) is 11.0. The molecule has 0 aromatic carbocycles. The fourth-order valence-electron chi connectivity index (χ4n) is 4.53. The molecule has 0 unspecified atom stereocenters. The molecule has 9 heteroatoms. The van der Waals surface area contributed by atoms with Crippen LogP contribution in [-0.4, -0.2) is 72.3 Å². The zero-order valence-electron chi connectivity index (χ0n) is 16.9. The molecule has 0 amide bonds. The van der Waals surface area contributed by atoms with E-state index in [1.807, 2.05) is 0 Å². The van der Waals surface area contributed by atoms with Crippen LogP contribution in [-0.2, 0) is 0 Å². The van der Waals surface area contributed by atoms with Crippen LogP contribution in [0.25, 0.3) is 11.2 Å². The van der Waals surface area contributed by atoms with Crippen molar-refractivity contribution in [1.29, 1.82) is 0 Å². The van der Waals surface area contributed by atoms with Gasteiger partial charge in [-0.25, -0.2) is 9.97 Å². The van der Waals surface area contributed by atoms with E-state index in [-0.39, 0.29) is 0 Å². The molecule has 1 N–H and O–H groups in total. The van der Waals surface area contributed by atoms with Gasteiger partial charge in [0.2, 0.25) is 5.95 Å². The van der Waals surface area contributed by atoms with Gasteiger partial charge in [-0.3, -0.25) is 0 Å². The van der Waals surface area contributed by atoms with Gasteiger partial charge in [-0.1, -0.05) is 11.6 Å². The summed E-state index contributed by atoms with van der Waals surface area (Å²) >= 11 is 6.63. The Labute approximate surface area is 176 Å². The maximum Gasteiger partial charge on any atom is 0.229 e. The Balaban J connectivity index is 1.60. The summed E-state index contributed by atoms with van der Waals surface area (Å²) in [6, 6.07) is 0. The molecule has 3 aliphatic rings. The van der Waals surface area contributed by atoms with Crippen molar-refractivity contribution in [3.05, 3.63) is 5.15 Å². The number of nitrogens with one attached hydrogen (secondary N) is 1. The fourth-order valence-corrected chi connectivity index (χ4v) is 4.78. The smallest absolute Gasteiger partial charge is 0.229 e. The lowest BCUT2D eigenvalue weighted by atomic mass is 10.1. The summed E-state index contributed by atoms with van der Waals surface area (Å²) in [5, 5.41) is 3.87. The highest BCUT2D eigenvalue weighted by molar-refractivity contribution is 6.32. The highest BCUT2D eigenvalue weighted by Gasteiger charge is 2.25. The fraction of sp³-hybridized carbons (Fsp3) is 0.700. The van der Waals surface area contributed by atoms with Crippen molar-refractivity contribution in [3.8, 4) is 0 Å². The lowest BCUT2D eigenvalue weighted by Crippen LogP contribution is -2.44. The molecule has 5 rings (SSSR count). The summed E-state index contributed by atoms with van der Waals surface area (Å²) in [6.07, 6.45) is 7.25. The molecule has 29 heavy (non-hydrogen) atoms. The predicted molar refractivity (Wildman–Crippen MR) is 117 cm³/mol. The average molecular weight is 417 g/mol. The van der Waals surface area contributed by atoms with Crippen molar-refractivity contribution in [2.75, 3.05) is 67.1 Å². The normalized spacial score (nSPS) is 21.1. The summed E-state index contributed by atoms with van der Waals surface area (Å²) in [4.78, 5) is 26.4. The number of anilines is 3. The molecule has 0 bridgehead atoms. The van der Waals surface area contributed by atoms with Gasteiger partial charge in [-0.15, -0.1) is 0 Å². The van der Waals surface area contributed by atoms with E-state index in [9.17, 15) is 0 Å². The summed E-state index contributed by atoms with van der Waals surface area (Å²) < 4.78 is 0. The molecule has 0 atom stereocenters. The van der Waals surface area contributed by atoms with Crippen LogP contribution in [0.1, 0.15) is 38.5 Å². The molecule has 3 aliphatic heterocycles. The number of piperazine rings is 1. The SMILES string of the molecule is Clc1nc2c(N3CCCCC3)nc(N3CCNCC3)nc2nc1N1CCCCC1. The predicted octanol–water partition coefficient (Wildman–Crippen LogP) is 2.46. The van der Waals surface area contributed by atoms with E-state index in [2.05, 4.69) is 20.0 Å². The lowest BCUT2D eigenvalue weighted by Gasteiger charge is -2.32. The van der Waals surface area contributed by atoms with Gasteiger partial charge in [-0.05, 0) is 38.5 Å². The van der Waals surface area contributed by atoms with Crippen LogP contribution in [0.4, 0.5) is 17.6 Å². The van der Waals surface area contributed by atoms with Gasteiger partial charge in [0.1, 0.15) is 0 Å². The Morgan fingerprint density at radius 1 is 0.621 bits per heavy atom. The van der Waals surface area contributed by atoms with Gasteiger partial charge in [0.05, 0.1) is 0 Å². The summed E-state index contributed by atoms with van der Waals surface area (Å²) in [5.74, 6) is 2.43. The Hall–Kier alpha value is -1.93. The molecule has 2 aromatic rings. The molecular weight excluding hydrogens is 388 g/mol. The Morgan fingerprint density at radius 2 is 1.24 bits per heavy atom. The summed E-state index contributed by atoms with van der Waals surface area (Å²) in [5.41, 5.74) is 1.40. The number of hydrogen-bond donors (Lipinski definition) is 1. The molecule has 0 aliphatic carbocycles. The minimum Gasteiger partial charge on any atom is -0.355 e. The zero-order valence-corrected chi connectivity index (χ0v) is 17.7. The van der Waals surface area contributed by atoms with Crippen molar-refractivity contribution in [2.45, 2.75) is 38.5 Å². The van der Waals surface area contributed by atoms with Gasteiger partial charge in [0.25, 0.3) is 0 Å². The zero-order chi connectivity index (χ0) is 19.6. The van der Waals surface area contributed by atoms with Crippen LogP contribution >= 0.6 is 11.6 Å². The summed E-state index contributed by atoms with van der Waals surface area (Å²) in [7, 11) is 0. The van der Waals surface area contributed by atoms with Crippen molar-refractivity contribution in [3.63, 3.8) is 0 Å². The lowest BCUT2D eigenvalue weighted by molar-refractivity contribution is 0.567. The number of rotatable bonds is 3. The first-order chi connectivity index (χ1) is 14.3. The van der Waals surface area contributed by atoms with Crippen LogP contribution in [0.5, 0.6) is 0 Å². The van der Waals surface area contributed by atoms with Crippen LogP contribution in [0.3, 0.4) is 0 Å². The number of fused-ring (bicyclic) bond motifs is 1. The highest BCUT2D eigenvalue weighted by atomic mass is 35.5. The van der Waals surface area contributed by atoms with E-state index in [4.69, 9.17) is 31.5 Å². The minimum atomic E-state index is 0.469. The molecule has 3 saturated heterocycles. The number of piperidine rings is 2. The van der Waals surface area contributed by atoms with Gasteiger partial charge >= 0.3 is 0 Å². The van der Waals surface area contributed by atoms with Crippen LogP contribution in [0.15, 0.2) is 0 Å². The molecule has 0 saturated carbocycles. The molecule has 5 heterocycles. The Bertz CT molecular complexity index is 857. The number of aromatic nitrogens is 4. The maximum absolute atomic E-state index is 6.63. The number of hydrogen-bond acceptors (Lipinski definition) is 8. The third-order valence-electron chi connectivity index (χ3n) is 6.15. The highest BCUT2D eigenvalue weighted by Crippen LogP contribution is 2.32. The van der Waals surface area contributed by atoms with E-state index < -0.39 is 0 Å². The van der Waals surface area contributed by atoms with Crippen molar-refractivity contribution in [2.24, 2.45) is 0 Å². The largest absolute Gasteiger partial charge is 0.355 e. The van der Waals surface area contributed by atoms with E-state index in [0.29, 0.717) is 10.8 Å². The quantitative estimate of drug-likeness (QED) is 0.817. The Kier molecular flexibility index (Phi) is 5.54. The van der Waals surface area contributed by atoms with Gasteiger partial charge in [0, 0.05) is 52.4 Å². The van der Waals surface area contributed by atoms with E-state index in [1.54, 1.807) is 0 Å². The van der Waals surface area contributed by atoms with Gasteiger partial charge in [-0.2, -0.15) is 9.97 Å². The summed E-state index contributed by atoms with van der Waals surface area (Å²) in [6.45, 7) is 7.68. The van der Waals surface area contributed by atoms with E-state index >= 15 is 0 Å². The molecular formula is C20H29ClN8. The van der Waals surface area contributed by atoms with Crippen molar-refractivity contribution < 1.29 is 0 Å². The molecule has 8 nitrogen and oxygen atoms in total. The van der Waals surface area contributed by atoms with Gasteiger partial charge in [0.15, 0.2) is 28.0 Å². The minimum absolute atomic E-state index is 0.469. The van der Waals surface area contributed by atoms with Crippen molar-refractivity contribution in [1.82, 2.24) is 25.3 Å². The maximum atomic E-state index is 6.63. The number of nitrogens with zero attached hydrogens (tertiary/aromatic N) is 7. The standard InChI is InChI=1S/C20H29ClN8/c21-16-19(28-11-5-2-6-12-28)24-17-15(23-16)18(27-9-3-1-4-10-27)26-20(25-17)29-13-7-22-8-14-29/h22H,1-14H2. The average Bonchev–Trinajstić information content (AvgIpc) is 2.80. The first kappa shape index (κ1) is 19.1. The molecule has 156 valence electrons. The topological polar surface area (TPSA) is 73.3 Å². The molecule has 3 fully saturated rings. The molecule has 2 aromatic heterocycles. The third-order valence-corrected chi connectivity index (χ3v) is 6.41. The monoisotopic (exact) mass is 416 g/mol. The van der Waals surface area contributed by atoms with Crippen LogP contribution in [0, 0.1) is 0 Å². The van der Waals surface area contributed by atoms with Gasteiger partial charge < -0.3 is 20.0 Å². The van der Waals surface area contributed by atoms with Crippen LogP contribution in [0.2, 0.25) is 5.15 Å². The number of halogens is 1. The first-order valence-corrected chi connectivity index (χ1v) is 11.4. The van der Waals surface area contributed by atoms with E-state index in [1.165, 1.54) is 38.5 Å². The Morgan fingerprint density at radius 3 is 1.90 bits per heavy atom. The van der Waals surface area contributed by atoms with Crippen molar-refractivity contribution >= 4 is 40.3 Å². The second-order valence-electron chi connectivity index (χ2n) is 8.19. The third kappa shape index (κ3) is 3.92. The van der Waals surface area contributed by atoms with Crippen LogP contribution < -0.4 is 20.0 Å². The molecule has 0 spiro atoms. The second-order valence-corrected chi connectivity index (χ2v) is 8.55.